The number of benzene rings is 2. The number of carbonyl (C=O) groups is 2. The van der Waals surface area contributed by atoms with Crippen molar-refractivity contribution in [1.29, 1.82) is 0 Å². The Hall–Kier alpha value is -2.07. The molecular formula is C21H25NO2S. The van der Waals surface area contributed by atoms with E-state index in [9.17, 15) is 9.59 Å². The monoisotopic (exact) mass is 355 g/mol. The van der Waals surface area contributed by atoms with E-state index in [0.717, 1.165) is 5.69 Å². The van der Waals surface area contributed by atoms with Gasteiger partial charge in [-0.25, -0.2) is 0 Å². The molecule has 0 heterocycles. The summed E-state index contributed by atoms with van der Waals surface area (Å²) in [6, 6.07) is 9.29. The maximum absolute atomic E-state index is 12.5. The lowest BCUT2D eigenvalue weighted by atomic mass is 10.0. The first-order valence-corrected chi connectivity index (χ1v) is 9.45. The van der Waals surface area contributed by atoms with Gasteiger partial charge in [-0.05, 0) is 74.2 Å². The van der Waals surface area contributed by atoms with Crippen LogP contribution in [0.3, 0.4) is 0 Å². The lowest BCUT2D eigenvalue weighted by Gasteiger charge is -2.14. The van der Waals surface area contributed by atoms with Gasteiger partial charge in [-0.1, -0.05) is 13.0 Å². The molecule has 0 fully saturated rings. The van der Waals surface area contributed by atoms with Crippen molar-refractivity contribution in [3.8, 4) is 0 Å². The minimum atomic E-state index is -0.0320. The average Bonchev–Trinajstić information content (AvgIpc) is 2.60. The second-order valence-corrected chi connectivity index (χ2v) is 7.27. The fraction of sp³-hybridized carbons (Fsp3) is 0.333. The van der Waals surface area contributed by atoms with Gasteiger partial charge in [-0.2, -0.15) is 0 Å². The zero-order valence-corrected chi connectivity index (χ0v) is 16.3. The van der Waals surface area contributed by atoms with Crippen molar-refractivity contribution in [3.63, 3.8) is 0 Å². The number of rotatable bonds is 6. The zero-order chi connectivity index (χ0) is 18.6. The quantitative estimate of drug-likeness (QED) is 0.569. The van der Waals surface area contributed by atoms with Crippen LogP contribution in [0.4, 0.5) is 5.69 Å². The molecule has 0 aliphatic heterocycles. The molecule has 2 rings (SSSR count). The van der Waals surface area contributed by atoms with E-state index in [1.807, 2.05) is 0 Å². The maximum Gasteiger partial charge on any atom is 0.224 e. The standard InChI is InChI=1S/C21H25NO2S/c1-6-20(24)22-18-9-7-17(8-10-18)19(23)12-25-21-15(4)13(2)11-14(3)16(21)5/h7-11H,6,12H2,1-5H3,(H,22,24). The topological polar surface area (TPSA) is 46.2 Å². The minimum absolute atomic E-state index is 0.0320. The summed E-state index contributed by atoms with van der Waals surface area (Å²) in [7, 11) is 0. The van der Waals surface area contributed by atoms with Crippen LogP contribution in [0.1, 0.15) is 46.0 Å². The lowest BCUT2D eigenvalue weighted by molar-refractivity contribution is -0.115. The van der Waals surface area contributed by atoms with Crippen molar-refractivity contribution in [3.05, 3.63) is 58.1 Å². The van der Waals surface area contributed by atoms with Gasteiger partial charge in [-0.3, -0.25) is 9.59 Å². The van der Waals surface area contributed by atoms with E-state index in [2.05, 4.69) is 39.1 Å². The van der Waals surface area contributed by atoms with Gasteiger partial charge >= 0.3 is 0 Å². The summed E-state index contributed by atoms with van der Waals surface area (Å²) in [4.78, 5) is 25.1. The number of anilines is 1. The molecule has 0 aromatic heterocycles. The number of nitrogens with one attached hydrogen (secondary N) is 1. The summed E-state index contributed by atoms with van der Waals surface area (Å²) in [5.74, 6) is 0.470. The van der Waals surface area contributed by atoms with Gasteiger partial charge in [0.05, 0.1) is 5.75 Å². The first-order chi connectivity index (χ1) is 11.8. The third-order valence-corrected chi connectivity index (χ3v) is 5.76. The van der Waals surface area contributed by atoms with Crippen LogP contribution in [-0.4, -0.2) is 17.4 Å². The maximum atomic E-state index is 12.5. The molecule has 3 nitrogen and oxygen atoms in total. The molecule has 0 aliphatic carbocycles. The number of ketones is 1. The van der Waals surface area contributed by atoms with E-state index < -0.39 is 0 Å². The molecule has 0 unspecified atom stereocenters. The van der Waals surface area contributed by atoms with Crippen LogP contribution in [-0.2, 0) is 4.79 Å². The highest BCUT2D eigenvalue weighted by molar-refractivity contribution is 8.00. The second kappa shape index (κ2) is 8.34. The molecule has 2 aromatic rings. The van der Waals surface area contributed by atoms with E-state index in [1.165, 1.54) is 27.1 Å². The number of aryl methyl sites for hydroxylation is 2. The second-order valence-electron chi connectivity index (χ2n) is 6.28. The van der Waals surface area contributed by atoms with Crippen molar-refractivity contribution in [2.45, 2.75) is 45.9 Å². The van der Waals surface area contributed by atoms with Gasteiger partial charge in [0.1, 0.15) is 0 Å². The van der Waals surface area contributed by atoms with Gasteiger partial charge in [-0.15, -0.1) is 11.8 Å². The molecule has 0 spiro atoms. The molecule has 25 heavy (non-hydrogen) atoms. The summed E-state index contributed by atoms with van der Waals surface area (Å²) in [5, 5.41) is 2.79. The number of carbonyl (C=O) groups excluding carboxylic acids is 2. The number of thioether (sulfide) groups is 1. The van der Waals surface area contributed by atoms with E-state index in [-0.39, 0.29) is 11.7 Å². The highest BCUT2D eigenvalue weighted by Crippen LogP contribution is 2.31. The lowest BCUT2D eigenvalue weighted by Crippen LogP contribution is -2.10. The summed E-state index contributed by atoms with van der Waals surface area (Å²) in [5.41, 5.74) is 6.40. The predicted molar refractivity (Wildman–Crippen MR) is 106 cm³/mol. The smallest absolute Gasteiger partial charge is 0.224 e. The summed E-state index contributed by atoms with van der Waals surface area (Å²) < 4.78 is 0. The third kappa shape index (κ3) is 4.73. The average molecular weight is 356 g/mol. The van der Waals surface area contributed by atoms with Crippen molar-refractivity contribution in [1.82, 2.24) is 0 Å². The Labute approximate surface area is 154 Å². The van der Waals surface area contributed by atoms with Gasteiger partial charge < -0.3 is 5.32 Å². The molecule has 2 aromatic carbocycles. The molecule has 0 aliphatic rings. The Kier molecular flexibility index (Phi) is 6.43. The fourth-order valence-electron chi connectivity index (χ4n) is 2.61. The van der Waals surface area contributed by atoms with E-state index in [0.29, 0.717) is 17.7 Å². The zero-order valence-electron chi connectivity index (χ0n) is 15.5. The van der Waals surface area contributed by atoms with E-state index >= 15 is 0 Å². The van der Waals surface area contributed by atoms with Crippen LogP contribution in [0.25, 0.3) is 0 Å². The molecule has 132 valence electrons. The van der Waals surface area contributed by atoms with Gasteiger partial charge in [0.2, 0.25) is 5.91 Å². The van der Waals surface area contributed by atoms with Crippen LogP contribution in [0, 0.1) is 27.7 Å². The predicted octanol–water partition coefficient (Wildman–Crippen LogP) is 5.24. The normalized spacial score (nSPS) is 10.6. The Balaban J connectivity index is 2.07. The summed E-state index contributed by atoms with van der Waals surface area (Å²) >= 11 is 1.60. The number of hydrogen-bond acceptors (Lipinski definition) is 3. The molecule has 0 saturated carbocycles. The molecular weight excluding hydrogens is 330 g/mol. The molecule has 0 bridgehead atoms. The van der Waals surface area contributed by atoms with Crippen molar-refractivity contribution in [2.75, 3.05) is 11.1 Å². The molecule has 0 atom stereocenters. The Morgan fingerprint density at radius 2 is 1.52 bits per heavy atom. The Bertz CT molecular complexity index is 768. The van der Waals surface area contributed by atoms with Gasteiger partial charge in [0, 0.05) is 22.6 Å². The van der Waals surface area contributed by atoms with Crippen molar-refractivity contribution in [2.24, 2.45) is 0 Å². The van der Waals surface area contributed by atoms with Crippen LogP contribution < -0.4 is 5.32 Å². The van der Waals surface area contributed by atoms with Crippen LogP contribution in [0.15, 0.2) is 35.2 Å². The van der Waals surface area contributed by atoms with Crippen molar-refractivity contribution < 1.29 is 9.59 Å². The van der Waals surface area contributed by atoms with Crippen molar-refractivity contribution >= 4 is 29.1 Å². The first kappa shape index (κ1) is 19.3. The third-order valence-electron chi connectivity index (χ3n) is 4.46. The summed E-state index contributed by atoms with van der Waals surface area (Å²) in [6.07, 6.45) is 0.436. The number of hydrogen-bond donors (Lipinski definition) is 1. The molecule has 1 N–H and O–H groups in total. The molecule has 4 heteroatoms. The van der Waals surface area contributed by atoms with Crippen LogP contribution >= 0.6 is 11.8 Å². The highest BCUT2D eigenvalue weighted by Gasteiger charge is 2.12. The summed E-state index contributed by atoms with van der Waals surface area (Å²) in [6.45, 7) is 10.2. The Morgan fingerprint density at radius 3 is 2.04 bits per heavy atom. The number of amides is 1. The molecule has 1 amide bonds. The van der Waals surface area contributed by atoms with Crippen LogP contribution in [0.2, 0.25) is 0 Å². The van der Waals surface area contributed by atoms with Crippen LogP contribution in [0.5, 0.6) is 0 Å². The molecule has 0 radical (unpaired) electrons. The van der Waals surface area contributed by atoms with Gasteiger partial charge in [0.15, 0.2) is 5.78 Å². The largest absolute Gasteiger partial charge is 0.326 e. The minimum Gasteiger partial charge on any atom is -0.326 e. The fourth-order valence-corrected chi connectivity index (χ4v) is 3.80. The van der Waals surface area contributed by atoms with Gasteiger partial charge in [0.25, 0.3) is 0 Å². The van der Waals surface area contributed by atoms with E-state index in [1.54, 1.807) is 43.0 Å². The highest BCUT2D eigenvalue weighted by atomic mass is 32.2. The Morgan fingerprint density at radius 1 is 0.960 bits per heavy atom. The number of Topliss-reactive ketones (excluding diaryl/α,β-unsaturated/α-hetero) is 1. The first-order valence-electron chi connectivity index (χ1n) is 8.46. The SMILES string of the molecule is CCC(=O)Nc1ccc(C(=O)CSc2c(C)c(C)cc(C)c2C)cc1. The van der Waals surface area contributed by atoms with E-state index in [4.69, 9.17) is 0 Å². The molecule has 0 saturated heterocycles.